The Balaban J connectivity index is 1.26. The Hall–Kier alpha value is -3.25. The molecular weight excluding hydrogens is 546 g/mol. The van der Waals surface area contributed by atoms with Crippen molar-refractivity contribution in [1.29, 1.82) is 0 Å². The minimum absolute atomic E-state index is 0.0174. The van der Waals surface area contributed by atoms with Crippen LogP contribution < -0.4 is 10.6 Å². The average molecular weight is 582 g/mol. The van der Waals surface area contributed by atoms with Gasteiger partial charge in [-0.3, -0.25) is 19.7 Å². The topological polar surface area (TPSA) is 115 Å². The molecule has 1 aliphatic rings. The highest BCUT2D eigenvalue weighted by molar-refractivity contribution is 8.00. The van der Waals surface area contributed by atoms with Crippen LogP contribution in [0.4, 0.5) is 5.13 Å². The van der Waals surface area contributed by atoms with Crippen LogP contribution in [0.25, 0.3) is 0 Å². The molecule has 3 aromatic rings. The van der Waals surface area contributed by atoms with Crippen molar-refractivity contribution >= 4 is 46.0 Å². The van der Waals surface area contributed by atoms with Crippen molar-refractivity contribution in [2.24, 2.45) is 0 Å². The summed E-state index contributed by atoms with van der Waals surface area (Å²) in [6.07, 6.45) is 1.74. The van der Waals surface area contributed by atoms with E-state index >= 15 is 0 Å². The molecule has 11 heteroatoms. The van der Waals surface area contributed by atoms with Gasteiger partial charge in [0, 0.05) is 63.1 Å². The van der Waals surface area contributed by atoms with E-state index in [4.69, 9.17) is 0 Å². The number of amides is 3. The zero-order valence-electron chi connectivity index (χ0n) is 23.0. The van der Waals surface area contributed by atoms with E-state index < -0.39 is 5.60 Å². The first-order valence-electron chi connectivity index (χ1n) is 13.1. The van der Waals surface area contributed by atoms with Gasteiger partial charge in [0.2, 0.25) is 5.91 Å². The number of thioether (sulfide) groups is 1. The number of carbonyl (C=O) groups is 3. The molecule has 0 unspecified atom stereocenters. The summed E-state index contributed by atoms with van der Waals surface area (Å²) >= 11 is 3.01. The Bertz CT molecular complexity index is 1330. The number of benzene rings is 2. The molecule has 1 aliphatic heterocycles. The fraction of sp³-hybridized carbons (Fsp3) is 0.379. The van der Waals surface area contributed by atoms with Gasteiger partial charge < -0.3 is 20.2 Å². The molecule has 2 aromatic carbocycles. The molecule has 40 heavy (non-hydrogen) atoms. The number of piperazine rings is 1. The highest BCUT2D eigenvalue weighted by atomic mass is 32.2. The maximum Gasteiger partial charge on any atom is 0.257 e. The Morgan fingerprint density at radius 2 is 1.70 bits per heavy atom. The Kier molecular flexibility index (Phi) is 9.96. The van der Waals surface area contributed by atoms with Gasteiger partial charge >= 0.3 is 0 Å². The lowest BCUT2D eigenvalue weighted by Gasteiger charge is -2.34. The largest absolute Gasteiger partial charge is 0.389 e. The van der Waals surface area contributed by atoms with Gasteiger partial charge in [0.05, 0.1) is 16.0 Å². The second-order valence-electron chi connectivity index (χ2n) is 10.3. The first-order chi connectivity index (χ1) is 19.1. The van der Waals surface area contributed by atoms with Gasteiger partial charge in [-0.1, -0.05) is 35.6 Å². The Labute approximate surface area is 243 Å². The number of nitrogens with zero attached hydrogens (tertiary/aromatic N) is 3. The molecule has 3 amide bonds. The maximum absolute atomic E-state index is 13.0. The number of hydrogen-bond donors (Lipinski definition) is 3. The number of aromatic nitrogens is 1. The molecule has 4 rings (SSSR count). The SMILES string of the molecule is CC(=O)N1CCN(C(=O)c2cccc(CSc3cnc(NC(=O)c4ccc(CNCC(C)(C)O)cc4)s3)c2)CC1. The lowest BCUT2D eigenvalue weighted by atomic mass is 10.1. The zero-order chi connectivity index (χ0) is 28.7. The average Bonchev–Trinajstić information content (AvgIpc) is 3.38. The molecule has 3 N–H and O–H groups in total. The number of aliphatic hydroxyl groups is 1. The second-order valence-corrected chi connectivity index (χ2v) is 12.6. The van der Waals surface area contributed by atoms with Crippen molar-refractivity contribution in [3.8, 4) is 0 Å². The number of carbonyl (C=O) groups excluding carboxylic acids is 3. The highest BCUT2D eigenvalue weighted by Crippen LogP contribution is 2.31. The number of anilines is 1. The fourth-order valence-electron chi connectivity index (χ4n) is 4.20. The van der Waals surface area contributed by atoms with E-state index in [1.54, 1.807) is 60.7 Å². The first-order valence-corrected chi connectivity index (χ1v) is 14.9. The molecule has 0 spiro atoms. The molecule has 2 heterocycles. The molecule has 0 saturated carbocycles. The predicted octanol–water partition coefficient (Wildman–Crippen LogP) is 3.85. The summed E-state index contributed by atoms with van der Waals surface area (Å²) in [5, 5.41) is 16.4. The van der Waals surface area contributed by atoms with E-state index in [1.165, 1.54) is 11.3 Å². The Morgan fingerprint density at radius 1 is 1.00 bits per heavy atom. The fourth-order valence-corrected chi connectivity index (χ4v) is 6.01. The quantitative estimate of drug-likeness (QED) is 0.312. The molecule has 0 atom stereocenters. The number of thiazole rings is 1. The third-order valence-electron chi connectivity index (χ3n) is 6.38. The van der Waals surface area contributed by atoms with Crippen LogP contribution in [0.15, 0.2) is 58.9 Å². The number of nitrogens with one attached hydrogen (secondary N) is 2. The summed E-state index contributed by atoms with van der Waals surface area (Å²) < 4.78 is 0.959. The molecule has 212 valence electrons. The maximum atomic E-state index is 13.0. The van der Waals surface area contributed by atoms with Crippen LogP contribution in [-0.4, -0.2) is 75.9 Å². The van der Waals surface area contributed by atoms with Crippen LogP contribution >= 0.6 is 23.1 Å². The minimum Gasteiger partial charge on any atom is -0.389 e. The summed E-state index contributed by atoms with van der Waals surface area (Å²) in [7, 11) is 0. The smallest absolute Gasteiger partial charge is 0.257 e. The van der Waals surface area contributed by atoms with Gasteiger partial charge in [-0.05, 0) is 49.2 Å². The van der Waals surface area contributed by atoms with Gasteiger partial charge in [-0.25, -0.2) is 4.98 Å². The molecule has 0 aliphatic carbocycles. The summed E-state index contributed by atoms with van der Waals surface area (Å²) in [6.45, 7) is 8.34. The molecule has 1 fully saturated rings. The van der Waals surface area contributed by atoms with Crippen molar-refractivity contribution < 1.29 is 19.5 Å². The third kappa shape index (κ3) is 8.62. The van der Waals surface area contributed by atoms with E-state index in [2.05, 4.69) is 15.6 Å². The molecule has 1 aromatic heterocycles. The summed E-state index contributed by atoms with van der Waals surface area (Å²) in [5.74, 6) is 0.463. The first kappa shape index (κ1) is 29.7. The van der Waals surface area contributed by atoms with Crippen LogP contribution in [0.3, 0.4) is 0 Å². The van der Waals surface area contributed by atoms with Gasteiger partial charge in [-0.15, -0.1) is 11.8 Å². The van der Waals surface area contributed by atoms with Crippen LogP contribution in [0, 0.1) is 0 Å². The van der Waals surface area contributed by atoms with E-state index in [0.717, 1.165) is 15.3 Å². The third-order valence-corrected chi connectivity index (χ3v) is 8.55. The van der Waals surface area contributed by atoms with Crippen molar-refractivity contribution in [1.82, 2.24) is 20.1 Å². The molecule has 0 bridgehead atoms. The summed E-state index contributed by atoms with van der Waals surface area (Å²) in [5.41, 5.74) is 2.46. The van der Waals surface area contributed by atoms with Crippen LogP contribution in [0.2, 0.25) is 0 Å². The van der Waals surface area contributed by atoms with Crippen LogP contribution in [-0.2, 0) is 17.1 Å². The van der Waals surface area contributed by atoms with Gasteiger partial charge in [0.15, 0.2) is 5.13 Å². The van der Waals surface area contributed by atoms with Crippen molar-refractivity contribution in [3.63, 3.8) is 0 Å². The highest BCUT2D eigenvalue weighted by Gasteiger charge is 2.23. The van der Waals surface area contributed by atoms with E-state index in [0.29, 0.717) is 61.3 Å². The summed E-state index contributed by atoms with van der Waals surface area (Å²) in [4.78, 5) is 45.1. The zero-order valence-corrected chi connectivity index (χ0v) is 24.6. The van der Waals surface area contributed by atoms with Gasteiger partial charge in [0.1, 0.15) is 0 Å². The number of hydrogen-bond acceptors (Lipinski definition) is 8. The normalized spacial score (nSPS) is 13.8. The Morgan fingerprint density at radius 3 is 2.38 bits per heavy atom. The van der Waals surface area contributed by atoms with Crippen molar-refractivity contribution in [3.05, 3.63) is 77.0 Å². The van der Waals surface area contributed by atoms with Crippen molar-refractivity contribution in [2.75, 3.05) is 38.0 Å². The second kappa shape index (κ2) is 13.4. The standard InChI is InChI=1S/C29H35N5O4S2/c1-20(35)33-11-13-34(14-12-33)27(37)24-6-4-5-22(15-24)18-39-25-17-31-28(40-25)32-26(36)23-9-7-21(8-10-23)16-30-19-29(2,3)38/h4-10,15,17,30,38H,11-14,16,18-19H2,1-3H3,(H,31,32,36). The number of rotatable bonds is 10. The van der Waals surface area contributed by atoms with Crippen LogP contribution in [0.5, 0.6) is 0 Å². The molecular formula is C29H35N5O4S2. The van der Waals surface area contributed by atoms with E-state index in [9.17, 15) is 19.5 Å². The minimum atomic E-state index is -0.775. The van der Waals surface area contributed by atoms with Gasteiger partial charge in [-0.2, -0.15) is 0 Å². The van der Waals surface area contributed by atoms with Gasteiger partial charge in [0.25, 0.3) is 11.8 Å². The molecule has 1 saturated heterocycles. The lowest BCUT2D eigenvalue weighted by Crippen LogP contribution is -2.50. The predicted molar refractivity (Wildman–Crippen MR) is 159 cm³/mol. The van der Waals surface area contributed by atoms with Crippen LogP contribution in [0.1, 0.15) is 52.6 Å². The van der Waals surface area contributed by atoms with E-state index in [1.807, 2.05) is 36.4 Å². The molecule has 9 nitrogen and oxygen atoms in total. The lowest BCUT2D eigenvalue weighted by molar-refractivity contribution is -0.130. The van der Waals surface area contributed by atoms with Crippen molar-refractivity contribution in [2.45, 2.75) is 42.9 Å². The summed E-state index contributed by atoms with van der Waals surface area (Å²) in [6, 6.07) is 15.0. The molecule has 0 radical (unpaired) electrons. The van der Waals surface area contributed by atoms with E-state index in [-0.39, 0.29) is 17.7 Å². The monoisotopic (exact) mass is 581 g/mol.